The summed E-state index contributed by atoms with van der Waals surface area (Å²) in [5.74, 6) is -1.85. The molecule has 1 aliphatic carbocycles. The van der Waals surface area contributed by atoms with Crippen molar-refractivity contribution < 1.29 is 32.3 Å². The number of benzene rings is 1. The number of rotatable bonds is 5. The van der Waals surface area contributed by atoms with Crippen LogP contribution in [0.1, 0.15) is 28.8 Å². The molecule has 3 fully saturated rings. The van der Waals surface area contributed by atoms with Crippen molar-refractivity contribution in [2.75, 3.05) is 32.8 Å². The fourth-order valence-corrected chi connectivity index (χ4v) is 5.22. The van der Waals surface area contributed by atoms with Crippen LogP contribution in [0.5, 0.6) is 0 Å². The van der Waals surface area contributed by atoms with Gasteiger partial charge >= 0.3 is 6.18 Å². The van der Waals surface area contributed by atoms with E-state index in [0.717, 1.165) is 5.56 Å². The summed E-state index contributed by atoms with van der Waals surface area (Å²) >= 11 is 0. The van der Waals surface area contributed by atoms with Crippen LogP contribution in [-0.4, -0.2) is 75.5 Å². The highest BCUT2D eigenvalue weighted by molar-refractivity contribution is 5.94. The standard InChI is InChI=1S/C23H24F4N4O3/c24-18-3-1-15(2-4-18)8-31-9-16(7-28-31)19(33)29-10-17(11-32)21(12-29)13-30(14-21)20(34)22(5-6-22)23(25,26)27/h1-4,7,9,17,32H,5-6,8,10-14H2. The van der Waals surface area contributed by atoms with Crippen LogP contribution in [-0.2, 0) is 11.3 Å². The molecule has 7 nitrogen and oxygen atoms in total. The molecule has 0 radical (unpaired) electrons. The van der Waals surface area contributed by atoms with Crippen molar-refractivity contribution in [3.63, 3.8) is 0 Å². The van der Waals surface area contributed by atoms with Gasteiger partial charge in [-0.15, -0.1) is 0 Å². The highest BCUT2D eigenvalue weighted by Gasteiger charge is 2.71. The third-order valence-electron chi connectivity index (χ3n) is 7.46. The molecule has 1 aromatic heterocycles. The number of amides is 2. The van der Waals surface area contributed by atoms with Crippen LogP contribution in [0.25, 0.3) is 0 Å². The third-order valence-corrected chi connectivity index (χ3v) is 7.46. The Hall–Kier alpha value is -2.95. The molecule has 182 valence electrons. The van der Waals surface area contributed by atoms with E-state index in [4.69, 9.17) is 0 Å². The number of carbonyl (C=O) groups is 2. The van der Waals surface area contributed by atoms with Gasteiger partial charge in [-0.3, -0.25) is 14.3 Å². The minimum atomic E-state index is -4.56. The number of hydrogen-bond donors (Lipinski definition) is 1. The van der Waals surface area contributed by atoms with E-state index in [1.165, 1.54) is 23.2 Å². The van der Waals surface area contributed by atoms with Gasteiger partial charge in [-0.05, 0) is 30.5 Å². The number of aliphatic hydroxyl groups excluding tert-OH is 1. The number of alkyl halides is 3. The molecule has 2 saturated heterocycles. The zero-order valence-corrected chi connectivity index (χ0v) is 18.3. The average molecular weight is 480 g/mol. The van der Waals surface area contributed by atoms with Gasteiger partial charge in [0.25, 0.3) is 5.91 Å². The zero-order chi connectivity index (χ0) is 24.3. The Morgan fingerprint density at radius 1 is 1.09 bits per heavy atom. The molecule has 1 saturated carbocycles. The van der Waals surface area contributed by atoms with Crippen molar-refractivity contribution in [3.8, 4) is 0 Å². The average Bonchev–Trinajstić information content (AvgIpc) is 3.32. The van der Waals surface area contributed by atoms with Crippen molar-refractivity contribution >= 4 is 11.8 Å². The normalized spacial score (nSPS) is 22.7. The first-order valence-electron chi connectivity index (χ1n) is 11.1. The van der Waals surface area contributed by atoms with E-state index in [0.29, 0.717) is 12.1 Å². The molecule has 2 aromatic rings. The van der Waals surface area contributed by atoms with E-state index in [-0.39, 0.29) is 63.3 Å². The number of aromatic nitrogens is 2. The van der Waals surface area contributed by atoms with Gasteiger partial charge in [0.05, 0.1) is 18.3 Å². The molecule has 1 aromatic carbocycles. The molecule has 5 rings (SSSR count). The lowest BCUT2D eigenvalue weighted by atomic mass is 9.71. The Balaban J connectivity index is 1.24. The fraction of sp³-hybridized carbons (Fsp3) is 0.522. The molecule has 1 spiro atoms. The molecule has 1 unspecified atom stereocenters. The predicted octanol–water partition coefficient (Wildman–Crippen LogP) is 2.31. The first-order valence-corrected chi connectivity index (χ1v) is 11.1. The molecule has 1 atom stereocenters. The highest BCUT2D eigenvalue weighted by Crippen LogP contribution is 2.60. The van der Waals surface area contributed by atoms with Crippen LogP contribution in [0.4, 0.5) is 17.6 Å². The molecule has 2 aliphatic heterocycles. The lowest BCUT2D eigenvalue weighted by molar-refractivity contribution is -0.205. The second kappa shape index (κ2) is 7.79. The second-order valence-corrected chi connectivity index (χ2v) is 9.72. The van der Waals surface area contributed by atoms with Crippen molar-refractivity contribution in [3.05, 3.63) is 53.6 Å². The number of nitrogens with zero attached hydrogens (tertiary/aromatic N) is 4. The SMILES string of the molecule is O=C(c1cnn(Cc2ccc(F)cc2)c1)N1CC(CO)C2(C1)CN(C(=O)C1(C(F)(F)F)CC1)C2. The van der Waals surface area contributed by atoms with Crippen LogP contribution in [0, 0.1) is 22.6 Å². The molecule has 3 aliphatic rings. The van der Waals surface area contributed by atoms with Gasteiger partial charge in [-0.1, -0.05) is 12.1 Å². The van der Waals surface area contributed by atoms with Crippen molar-refractivity contribution in [2.24, 2.45) is 16.7 Å². The maximum absolute atomic E-state index is 13.3. The fourth-order valence-electron chi connectivity index (χ4n) is 5.22. The molecular weight excluding hydrogens is 456 g/mol. The van der Waals surface area contributed by atoms with E-state index < -0.39 is 22.9 Å². The maximum Gasteiger partial charge on any atom is 0.403 e. The van der Waals surface area contributed by atoms with Crippen LogP contribution in [0.2, 0.25) is 0 Å². The molecule has 0 bridgehead atoms. The molecule has 2 amide bonds. The summed E-state index contributed by atoms with van der Waals surface area (Å²) in [5.41, 5.74) is -1.70. The molecule has 1 N–H and O–H groups in total. The Labute approximate surface area is 192 Å². The van der Waals surface area contributed by atoms with Crippen molar-refractivity contribution in [1.29, 1.82) is 0 Å². The summed E-state index contributed by atoms with van der Waals surface area (Å²) in [5, 5.41) is 14.1. The number of likely N-dealkylation sites (tertiary alicyclic amines) is 2. The monoisotopic (exact) mass is 480 g/mol. The third kappa shape index (κ3) is 3.66. The number of hydrogen-bond acceptors (Lipinski definition) is 4. The zero-order valence-electron chi connectivity index (χ0n) is 18.3. The first-order chi connectivity index (χ1) is 16.1. The minimum absolute atomic E-state index is 0.0997. The predicted molar refractivity (Wildman–Crippen MR) is 111 cm³/mol. The van der Waals surface area contributed by atoms with Crippen LogP contribution >= 0.6 is 0 Å². The van der Waals surface area contributed by atoms with Gasteiger partial charge in [0.2, 0.25) is 5.91 Å². The van der Waals surface area contributed by atoms with Gasteiger partial charge in [0.1, 0.15) is 11.2 Å². The Bertz CT molecular complexity index is 1100. The van der Waals surface area contributed by atoms with Crippen molar-refractivity contribution in [2.45, 2.75) is 25.6 Å². The lowest BCUT2D eigenvalue weighted by Crippen LogP contribution is -2.64. The highest BCUT2D eigenvalue weighted by atomic mass is 19.4. The van der Waals surface area contributed by atoms with Crippen LogP contribution < -0.4 is 0 Å². The number of aliphatic hydroxyl groups is 1. The summed E-state index contributed by atoms with van der Waals surface area (Å²) in [4.78, 5) is 28.4. The number of halogens is 4. The van der Waals surface area contributed by atoms with Crippen LogP contribution in [0.15, 0.2) is 36.7 Å². The summed E-state index contributed by atoms with van der Waals surface area (Å²) in [6, 6.07) is 5.94. The Morgan fingerprint density at radius 2 is 1.74 bits per heavy atom. The van der Waals surface area contributed by atoms with E-state index in [1.807, 2.05) is 0 Å². The maximum atomic E-state index is 13.3. The summed E-state index contributed by atoms with van der Waals surface area (Å²) < 4.78 is 54.6. The van der Waals surface area contributed by atoms with Gasteiger partial charge in [0, 0.05) is 50.3 Å². The van der Waals surface area contributed by atoms with Gasteiger partial charge in [0.15, 0.2) is 0 Å². The van der Waals surface area contributed by atoms with Gasteiger partial charge in [-0.2, -0.15) is 18.3 Å². The van der Waals surface area contributed by atoms with Gasteiger partial charge < -0.3 is 14.9 Å². The largest absolute Gasteiger partial charge is 0.403 e. The minimum Gasteiger partial charge on any atom is -0.396 e. The summed E-state index contributed by atoms with van der Waals surface area (Å²) in [6.45, 7) is 0.841. The Morgan fingerprint density at radius 3 is 2.32 bits per heavy atom. The summed E-state index contributed by atoms with van der Waals surface area (Å²) in [7, 11) is 0. The first kappa shape index (κ1) is 22.8. The van der Waals surface area contributed by atoms with E-state index >= 15 is 0 Å². The van der Waals surface area contributed by atoms with Crippen molar-refractivity contribution in [1.82, 2.24) is 19.6 Å². The Kier molecular flexibility index (Phi) is 5.23. The molecule has 34 heavy (non-hydrogen) atoms. The second-order valence-electron chi connectivity index (χ2n) is 9.72. The summed E-state index contributed by atoms with van der Waals surface area (Å²) in [6.07, 6.45) is -1.92. The quantitative estimate of drug-likeness (QED) is 0.667. The molecule has 11 heteroatoms. The van der Waals surface area contributed by atoms with E-state index in [9.17, 15) is 32.3 Å². The molecule has 3 heterocycles. The smallest absolute Gasteiger partial charge is 0.396 e. The lowest BCUT2D eigenvalue weighted by Gasteiger charge is -2.51. The van der Waals surface area contributed by atoms with E-state index in [1.54, 1.807) is 27.9 Å². The topological polar surface area (TPSA) is 78.7 Å². The van der Waals surface area contributed by atoms with Crippen LogP contribution in [0.3, 0.4) is 0 Å². The van der Waals surface area contributed by atoms with E-state index in [2.05, 4.69) is 5.10 Å². The van der Waals surface area contributed by atoms with Gasteiger partial charge in [-0.25, -0.2) is 4.39 Å². The number of carbonyl (C=O) groups excluding carboxylic acids is 2. The molecular formula is C23H24F4N4O3.